The predicted octanol–water partition coefficient (Wildman–Crippen LogP) is 32.0. The molecule has 0 aliphatic heterocycles. The molecule has 6 heterocycles. The molecule has 0 atom stereocenters. The van der Waals surface area contributed by atoms with Crippen molar-refractivity contribution in [2.24, 2.45) is 0 Å². The van der Waals surface area contributed by atoms with Crippen molar-refractivity contribution in [3.63, 3.8) is 0 Å². The molecule has 114 heavy (non-hydrogen) atoms. The Hall–Kier alpha value is -12.6. The van der Waals surface area contributed by atoms with Crippen LogP contribution in [-0.4, -0.2) is 9.13 Å². The number of aromatic nitrogens is 2. The molecule has 0 saturated heterocycles. The van der Waals surface area contributed by atoms with Crippen LogP contribution in [0.1, 0.15) is 77.9 Å². The molecule has 0 radical (unpaired) electrons. The van der Waals surface area contributed by atoms with Gasteiger partial charge < -0.3 is 18.0 Å². The summed E-state index contributed by atoms with van der Waals surface area (Å²) in [6, 6.07) is 112. The molecular weight excluding hydrogens is 1420 g/mol. The number of hydrogen-bond acceptors (Lipinski definition) is 4. The van der Waals surface area contributed by atoms with Gasteiger partial charge in [-0.1, -0.05) is 254 Å². The Kier molecular flexibility index (Phi) is 21.4. The van der Waals surface area contributed by atoms with Gasteiger partial charge in [-0.3, -0.25) is 0 Å². The summed E-state index contributed by atoms with van der Waals surface area (Å²) in [5.41, 5.74) is 30.0. The summed E-state index contributed by atoms with van der Waals surface area (Å²) in [6.07, 6.45) is 0. The van der Waals surface area contributed by atoms with Crippen LogP contribution < -0.4 is 0 Å². The molecule has 0 aliphatic carbocycles. The Morgan fingerprint density at radius 2 is 0.632 bits per heavy atom. The maximum atomic E-state index is 5.86. The molecule has 0 spiro atoms. The van der Waals surface area contributed by atoms with Crippen LogP contribution in [0.3, 0.4) is 0 Å². The summed E-state index contributed by atoms with van der Waals surface area (Å²) in [7, 11) is 0. The Bertz CT molecular complexity index is 7170. The maximum Gasteiger partial charge on any atom is 0.138 e. The molecule has 22 rings (SSSR count). The van der Waals surface area contributed by atoms with Gasteiger partial charge in [0.2, 0.25) is 0 Å². The molecule has 0 N–H and O–H groups in total. The number of thiophene rings is 2. The summed E-state index contributed by atoms with van der Waals surface area (Å²) < 4.78 is 22.1. The van der Waals surface area contributed by atoms with Crippen molar-refractivity contribution in [2.45, 2.75) is 96.9 Å². The Balaban J connectivity index is 0.000000101. The number of rotatable bonds is 2. The van der Waals surface area contributed by atoms with E-state index in [9.17, 15) is 0 Å². The molecule has 0 bridgehead atoms. The minimum Gasteiger partial charge on any atom is -0.456 e. The van der Waals surface area contributed by atoms with Crippen LogP contribution in [0, 0.1) is 96.9 Å². The second-order valence-corrected chi connectivity index (χ2v) is 32.7. The molecule has 0 amide bonds. The van der Waals surface area contributed by atoms with Crippen molar-refractivity contribution in [1.82, 2.24) is 9.13 Å². The lowest BCUT2D eigenvalue weighted by molar-refractivity contribution is 0.665. The van der Waals surface area contributed by atoms with Crippen molar-refractivity contribution in [3.05, 3.63) is 393 Å². The molecule has 0 unspecified atom stereocenters. The van der Waals surface area contributed by atoms with Gasteiger partial charge in [0.1, 0.15) is 22.3 Å². The Morgan fingerprint density at radius 3 is 1.32 bits per heavy atom. The number of para-hydroxylation sites is 5. The predicted molar refractivity (Wildman–Crippen MR) is 498 cm³/mol. The van der Waals surface area contributed by atoms with E-state index < -0.39 is 0 Å². The van der Waals surface area contributed by atoms with Crippen LogP contribution in [0.4, 0.5) is 0 Å². The van der Waals surface area contributed by atoms with E-state index in [1.54, 1.807) is 0 Å². The van der Waals surface area contributed by atoms with E-state index >= 15 is 0 Å². The normalized spacial score (nSPS) is 11.2. The highest BCUT2D eigenvalue weighted by Gasteiger charge is 2.18. The first kappa shape index (κ1) is 75.5. The van der Waals surface area contributed by atoms with Gasteiger partial charge in [0.15, 0.2) is 0 Å². The van der Waals surface area contributed by atoms with Crippen molar-refractivity contribution >= 4 is 161 Å². The lowest BCUT2D eigenvalue weighted by atomic mass is 10.0. The van der Waals surface area contributed by atoms with E-state index in [-0.39, 0.29) is 0 Å². The highest BCUT2D eigenvalue weighted by molar-refractivity contribution is 7.26. The number of furan rings is 2. The highest BCUT2D eigenvalue weighted by Crippen LogP contribution is 2.42. The topological polar surface area (TPSA) is 36.1 Å². The number of fused-ring (bicyclic) bond motifs is 19. The number of benzene rings is 16. The van der Waals surface area contributed by atoms with E-state index in [0.717, 1.165) is 22.3 Å². The van der Waals surface area contributed by atoms with Crippen LogP contribution in [-0.2, 0) is 0 Å². The van der Waals surface area contributed by atoms with Gasteiger partial charge in [0, 0.05) is 94.8 Å². The van der Waals surface area contributed by atoms with E-state index in [1.807, 2.05) is 46.9 Å². The molecule has 560 valence electrons. The largest absolute Gasteiger partial charge is 0.456 e. The third-order valence-corrected chi connectivity index (χ3v) is 25.1. The van der Waals surface area contributed by atoms with Crippen LogP contribution >= 0.6 is 22.7 Å². The SMILES string of the molecule is Cc1ccc(-n2c3ccccc3c3c(C)cccc32)cc1.Cc1ccc(C)c2c1oc1ccccc12.Cc1ccc2sc3c(C)cccc3c2c1.Cc1cccc2c(C)cccc12.Cc1cccc2c1c1cccc(C)c1n2-c1ccccc1.Cc1cccc2c1oc1cccc(C)c12.Cc1cccc2c1sc1cccc(C)c12. The van der Waals surface area contributed by atoms with Gasteiger partial charge in [0.25, 0.3) is 0 Å². The van der Waals surface area contributed by atoms with Crippen molar-refractivity contribution in [1.29, 1.82) is 0 Å². The summed E-state index contributed by atoms with van der Waals surface area (Å²) in [5, 5.41) is 18.7. The van der Waals surface area contributed by atoms with Crippen molar-refractivity contribution in [3.8, 4) is 11.4 Å². The number of hydrogen-bond donors (Lipinski definition) is 0. The first-order valence-corrected chi connectivity index (χ1v) is 41.1. The molecule has 22 aromatic rings. The second kappa shape index (κ2) is 32.3. The molecule has 0 fully saturated rings. The maximum absolute atomic E-state index is 5.86. The van der Waals surface area contributed by atoms with Gasteiger partial charge in [-0.2, -0.15) is 0 Å². The molecule has 6 aromatic heterocycles. The van der Waals surface area contributed by atoms with Crippen LogP contribution in [0.25, 0.3) is 150 Å². The zero-order valence-electron chi connectivity index (χ0n) is 67.5. The lowest BCUT2D eigenvalue weighted by Crippen LogP contribution is -1.94. The monoisotopic (exact) mass is 1510 g/mol. The van der Waals surface area contributed by atoms with E-state index in [4.69, 9.17) is 8.83 Å². The van der Waals surface area contributed by atoms with Crippen LogP contribution in [0.15, 0.2) is 324 Å². The van der Waals surface area contributed by atoms with Crippen LogP contribution in [0.2, 0.25) is 0 Å². The van der Waals surface area contributed by atoms with Crippen molar-refractivity contribution in [2.75, 3.05) is 0 Å². The first-order valence-electron chi connectivity index (χ1n) is 39.5. The zero-order chi connectivity index (χ0) is 79.0. The fraction of sp³-hybridized carbons (Fsp3) is 0.130. The van der Waals surface area contributed by atoms with Gasteiger partial charge >= 0.3 is 0 Å². The van der Waals surface area contributed by atoms with Crippen LogP contribution in [0.5, 0.6) is 0 Å². The van der Waals surface area contributed by atoms with Gasteiger partial charge in [0.05, 0.1) is 22.1 Å². The molecule has 0 aliphatic rings. The standard InChI is InChI=1S/2C20H17N.2C14H12O.2C14H12S.C12H12/c1-14-10-12-16(13-11-14)21-18-8-4-3-7-17(18)20-15(2)6-5-9-19(20)21;1-14-8-7-13-18-19(14)17-12-6-9-15(2)20(17)21(18)16-10-4-3-5-11-16;1-9-5-4-8-12-13(9)11-7-3-6-10(2)14(11)15-12;1-9-7-8-10(2)14-13(9)11-5-3-4-6-12(11)15-14;1-9-5-4-8-12-13(9)11-7-3-6-10(2)14(11)15-12;1-9-6-7-13-12(8-9)11-5-3-4-10(2)14(11)15-13;1-9-5-3-8-12-10(2)6-4-7-11(9)12/h2*3-13H,1-2H3;4*3-8H,1-2H3;3-8H,1-2H3. The summed E-state index contributed by atoms with van der Waals surface area (Å²) in [6.45, 7) is 30.1. The number of aryl methyl sites for hydroxylation is 14. The quantitative estimate of drug-likeness (QED) is 0.173. The van der Waals surface area contributed by atoms with E-state index in [1.165, 1.54) is 206 Å². The summed E-state index contributed by atoms with van der Waals surface area (Å²) >= 11 is 3.80. The second-order valence-electron chi connectivity index (χ2n) is 30.6. The van der Waals surface area contributed by atoms with Gasteiger partial charge in [-0.05, 0) is 247 Å². The third-order valence-electron chi connectivity index (χ3n) is 22.4. The van der Waals surface area contributed by atoms with Gasteiger partial charge in [-0.15, -0.1) is 22.7 Å². The minimum atomic E-state index is 0.977. The highest BCUT2D eigenvalue weighted by atomic mass is 32.1. The van der Waals surface area contributed by atoms with E-state index in [2.05, 4.69) is 397 Å². The summed E-state index contributed by atoms with van der Waals surface area (Å²) in [5.74, 6) is 0. The zero-order valence-corrected chi connectivity index (χ0v) is 69.2. The smallest absolute Gasteiger partial charge is 0.138 e. The fourth-order valence-corrected chi connectivity index (χ4v) is 19.0. The first-order chi connectivity index (χ1) is 55.4. The average Bonchev–Trinajstić information content (AvgIpc) is 1.52. The van der Waals surface area contributed by atoms with E-state index in [0.29, 0.717) is 0 Å². The third kappa shape index (κ3) is 14.5. The Morgan fingerprint density at radius 1 is 0.211 bits per heavy atom. The van der Waals surface area contributed by atoms with Gasteiger partial charge in [-0.25, -0.2) is 0 Å². The molecule has 4 nitrogen and oxygen atoms in total. The molecule has 0 saturated carbocycles. The molecule has 6 heteroatoms. The summed E-state index contributed by atoms with van der Waals surface area (Å²) in [4.78, 5) is 0. The fourth-order valence-electron chi connectivity index (χ4n) is 16.6. The molecular formula is C108H94N2O2S2. The lowest BCUT2D eigenvalue weighted by Gasteiger charge is -2.09. The number of nitrogens with zero attached hydrogens (tertiary/aromatic N) is 2. The Labute approximate surface area is 676 Å². The average molecular weight is 1520 g/mol. The minimum absolute atomic E-state index is 0.977. The molecule has 16 aromatic carbocycles. The van der Waals surface area contributed by atoms with Crippen molar-refractivity contribution < 1.29 is 8.83 Å².